The number of amides is 1. The van der Waals surface area contributed by atoms with E-state index in [9.17, 15) is 14.7 Å². The fourth-order valence-electron chi connectivity index (χ4n) is 3.68. The summed E-state index contributed by atoms with van der Waals surface area (Å²) in [5.41, 5.74) is 0.479. The van der Waals surface area contributed by atoms with Crippen molar-refractivity contribution < 1.29 is 19.4 Å². The van der Waals surface area contributed by atoms with Gasteiger partial charge in [0.25, 0.3) is 0 Å². The predicted molar refractivity (Wildman–Crippen MR) is 105 cm³/mol. The molecular formula is C22H33NO4. The monoisotopic (exact) mass is 375 g/mol. The van der Waals surface area contributed by atoms with Gasteiger partial charge in [0.05, 0.1) is 17.9 Å². The fraction of sp³-hybridized carbons (Fsp3) is 0.636. The minimum absolute atomic E-state index is 0.0176. The lowest BCUT2D eigenvalue weighted by molar-refractivity contribution is -0.160. The number of carbonyl (C=O) groups is 2. The molecule has 1 aromatic rings. The van der Waals surface area contributed by atoms with Crippen molar-refractivity contribution in [3.8, 4) is 0 Å². The second kappa shape index (κ2) is 9.36. The molecule has 5 heteroatoms. The Kier molecular flexibility index (Phi) is 7.42. The van der Waals surface area contributed by atoms with Gasteiger partial charge in [-0.25, -0.2) is 0 Å². The van der Waals surface area contributed by atoms with Gasteiger partial charge in [0.1, 0.15) is 5.60 Å². The van der Waals surface area contributed by atoms with Crippen LogP contribution in [0.5, 0.6) is 0 Å². The van der Waals surface area contributed by atoms with Gasteiger partial charge in [-0.3, -0.25) is 9.59 Å². The molecule has 2 N–H and O–H groups in total. The predicted octanol–water partition coefficient (Wildman–Crippen LogP) is 3.42. The molecule has 1 saturated carbocycles. The van der Waals surface area contributed by atoms with E-state index in [-0.39, 0.29) is 29.6 Å². The zero-order valence-corrected chi connectivity index (χ0v) is 16.9. The van der Waals surface area contributed by atoms with E-state index >= 15 is 0 Å². The van der Waals surface area contributed by atoms with E-state index in [1.807, 2.05) is 51.1 Å². The molecule has 0 radical (unpaired) electrons. The van der Waals surface area contributed by atoms with E-state index in [0.29, 0.717) is 19.4 Å². The first-order chi connectivity index (χ1) is 12.7. The van der Waals surface area contributed by atoms with Crippen LogP contribution < -0.4 is 5.32 Å². The lowest BCUT2D eigenvalue weighted by Crippen LogP contribution is -2.35. The molecule has 1 aromatic carbocycles. The zero-order chi connectivity index (χ0) is 20.0. The van der Waals surface area contributed by atoms with Gasteiger partial charge in [-0.15, -0.1) is 0 Å². The van der Waals surface area contributed by atoms with Crippen LogP contribution in [0.4, 0.5) is 0 Å². The first-order valence-electron chi connectivity index (χ1n) is 9.94. The second-order valence-electron chi connectivity index (χ2n) is 8.53. The van der Waals surface area contributed by atoms with Crippen molar-refractivity contribution in [2.75, 3.05) is 6.54 Å². The summed E-state index contributed by atoms with van der Waals surface area (Å²) in [6.45, 7) is 7.96. The van der Waals surface area contributed by atoms with Crippen molar-refractivity contribution in [2.45, 2.75) is 71.0 Å². The first-order valence-corrected chi connectivity index (χ1v) is 9.94. The normalized spacial score (nSPS) is 23.7. The molecule has 1 amide bonds. The highest BCUT2D eigenvalue weighted by Crippen LogP contribution is 2.33. The molecule has 0 aliphatic heterocycles. The molecule has 0 saturated heterocycles. The summed E-state index contributed by atoms with van der Waals surface area (Å²) >= 11 is 0. The summed E-state index contributed by atoms with van der Waals surface area (Å²) in [7, 11) is 0. The zero-order valence-electron chi connectivity index (χ0n) is 16.9. The maximum Gasteiger partial charge on any atom is 0.309 e. The fourth-order valence-corrected chi connectivity index (χ4v) is 3.68. The van der Waals surface area contributed by atoms with Crippen LogP contribution in [0, 0.1) is 11.8 Å². The van der Waals surface area contributed by atoms with Gasteiger partial charge in [-0.1, -0.05) is 43.7 Å². The smallest absolute Gasteiger partial charge is 0.309 e. The van der Waals surface area contributed by atoms with Gasteiger partial charge in [-0.2, -0.15) is 0 Å². The average molecular weight is 376 g/mol. The number of carbonyl (C=O) groups excluding carboxylic acids is 2. The molecule has 2 rings (SSSR count). The quantitative estimate of drug-likeness (QED) is 0.716. The number of esters is 1. The second-order valence-corrected chi connectivity index (χ2v) is 8.53. The summed E-state index contributed by atoms with van der Waals surface area (Å²) in [4.78, 5) is 25.0. The Morgan fingerprint density at radius 2 is 1.89 bits per heavy atom. The maximum absolute atomic E-state index is 12.7. The molecule has 0 spiro atoms. The number of aliphatic hydroxyl groups is 1. The number of ether oxygens (including phenoxy) is 1. The van der Waals surface area contributed by atoms with Crippen molar-refractivity contribution in [1.82, 2.24) is 5.32 Å². The number of nitrogens with one attached hydrogen (secondary N) is 1. The third-order valence-electron chi connectivity index (χ3n) is 5.03. The molecule has 0 heterocycles. The Balaban J connectivity index is 1.91. The van der Waals surface area contributed by atoms with E-state index in [1.165, 1.54) is 0 Å². The van der Waals surface area contributed by atoms with E-state index in [1.54, 1.807) is 0 Å². The summed E-state index contributed by atoms with van der Waals surface area (Å²) < 4.78 is 5.43. The lowest BCUT2D eigenvalue weighted by atomic mass is 9.93. The Morgan fingerprint density at radius 1 is 1.22 bits per heavy atom. The Morgan fingerprint density at radius 3 is 2.48 bits per heavy atom. The van der Waals surface area contributed by atoms with E-state index in [0.717, 1.165) is 18.4 Å². The minimum Gasteiger partial charge on any atom is -0.460 e. The Labute approximate surface area is 162 Å². The molecule has 1 aliphatic carbocycles. The third kappa shape index (κ3) is 6.35. The molecule has 27 heavy (non-hydrogen) atoms. The van der Waals surface area contributed by atoms with Crippen LogP contribution >= 0.6 is 0 Å². The third-order valence-corrected chi connectivity index (χ3v) is 5.03. The molecular weight excluding hydrogens is 342 g/mol. The van der Waals surface area contributed by atoms with E-state index < -0.39 is 11.7 Å². The highest BCUT2D eigenvalue weighted by Gasteiger charge is 2.39. The molecule has 0 unspecified atom stereocenters. The van der Waals surface area contributed by atoms with Crippen LogP contribution in [-0.2, 0) is 14.3 Å². The molecule has 5 nitrogen and oxygen atoms in total. The summed E-state index contributed by atoms with van der Waals surface area (Å²) in [6.07, 6.45) is 2.04. The largest absolute Gasteiger partial charge is 0.460 e. The summed E-state index contributed by atoms with van der Waals surface area (Å²) in [5.74, 6) is -0.887. The maximum atomic E-state index is 12.7. The molecule has 1 aliphatic rings. The molecule has 1 fully saturated rings. The summed E-state index contributed by atoms with van der Waals surface area (Å²) in [6, 6.07) is 9.77. The molecule has 0 aromatic heterocycles. The first kappa shape index (κ1) is 21.4. The molecule has 0 bridgehead atoms. The van der Waals surface area contributed by atoms with Crippen molar-refractivity contribution in [3.63, 3.8) is 0 Å². The van der Waals surface area contributed by atoms with Gasteiger partial charge in [0.15, 0.2) is 0 Å². The van der Waals surface area contributed by atoms with Gasteiger partial charge >= 0.3 is 5.97 Å². The van der Waals surface area contributed by atoms with Crippen molar-refractivity contribution in [2.24, 2.45) is 11.8 Å². The van der Waals surface area contributed by atoms with Crippen LogP contribution in [-0.4, -0.2) is 35.2 Å². The Bertz CT molecular complexity index is 623. The van der Waals surface area contributed by atoms with Gasteiger partial charge in [0, 0.05) is 12.5 Å². The SMILES string of the molecule is CCC[C@H](C(=O)NC[C@@H]1C[C@H](C(=O)OC(C)(C)C)C[C@@H]1O)c1ccccc1. The van der Waals surface area contributed by atoms with Crippen LogP contribution in [0.25, 0.3) is 0 Å². The number of hydrogen-bond donors (Lipinski definition) is 2. The molecule has 4 atom stereocenters. The topological polar surface area (TPSA) is 75.6 Å². The van der Waals surface area contributed by atoms with E-state index in [4.69, 9.17) is 4.74 Å². The minimum atomic E-state index is -0.593. The number of aliphatic hydroxyl groups excluding tert-OH is 1. The van der Waals surface area contributed by atoms with Gasteiger partial charge < -0.3 is 15.2 Å². The van der Waals surface area contributed by atoms with Crippen molar-refractivity contribution in [3.05, 3.63) is 35.9 Å². The van der Waals surface area contributed by atoms with Crippen LogP contribution in [0.2, 0.25) is 0 Å². The van der Waals surface area contributed by atoms with Crippen LogP contribution in [0.3, 0.4) is 0 Å². The van der Waals surface area contributed by atoms with Gasteiger partial charge in [0.2, 0.25) is 5.91 Å². The van der Waals surface area contributed by atoms with E-state index in [2.05, 4.69) is 12.2 Å². The van der Waals surface area contributed by atoms with Crippen molar-refractivity contribution in [1.29, 1.82) is 0 Å². The summed E-state index contributed by atoms with van der Waals surface area (Å²) in [5, 5.41) is 13.3. The average Bonchev–Trinajstić information content (AvgIpc) is 2.98. The highest BCUT2D eigenvalue weighted by atomic mass is 16.6. The number of hydrogen-bond acceptors (Lipinski definition) is 4. The van der Waals surface area contributed by atoms with Crippen LogP contribution in [0.15, 0.2) is 30.3 Å². The van der Waals surface area contributed by atoms with Crippen LogP contribution in [0.1, 0.15) is 64.9 Å². The standard InChI is InChI=1S/C22H33NO4/c1-5-9-18(15-10-7-6-8-11-15)20(25)23-14-17-12-16(13-19(17)24)21(26)27-22(2,3)4/h6-8,10-11,16-19,24H,5,9,12-14H2,1-4H3,(H,23,25)/t16-,17-,18-,19-/m0/s1. The lowest BCUT2D eigenvalue weighted by Gasteiger charge is -2.22. The van der Waals surface area contributed by atoms with Gasteiger partial charge in [-0.05, 0) is 45.6 Å². The van der Waals surface area contributed by atoms with Crippen molar-refractivity contribution >= 4 is 11.9 Å². The Hall–Kier alpha value is -1.88. The highest BCUT2D eigenvalue weighted by molar-refractivity contribution is 5.83. The number of benzene rings is 1. The molecule has 150 valence electrons. The number of rotatable bonds is 7.